The fraction of sp³-hybridized carbons (Fsp3) is 0.360. The Morgan fingerprint density at radius 1 is 1.11 bits per heavy atom. The van der Waals surface area contributed by atoms with Gasteiger partial charge < -0.3 is 10.1 Å². The van der Waals surface area contributed by atoms with Gasteiger partial charge in [0.05, 0.1) is 23.2 Å². The minimum absolute atomic E-state index is 0.205. The summed E-state index contributed by atoms with van der Waals surface area (Å²) in [5.41, 5.74) is 1.85. The summed E-state index contributed by atoms with van der Waals surface area (Å²) >= 11 is 0. The number of halogens is 2. The third kappa shape index (κ3) is 6.32. The van der Waals surface area contributed by atoms with E-state index < -0.39 is 27.5 Å². The Bertz CT molecular complexity index is 1380. The number of carbonyl (C=O) groups is 1. The van der Waals surface area contributed by atoms with E-state index in [4.69, 9.17) is 4.74 Å². The summed E-state index contributed by atoms with van der Waals surface area (Å²) in [5.74, 6) is -1.66. The van der Waals surface area contributed by atoms with Crippen molar-refractivity contribution in [3.05, 3.63) is 65.7 Å². The smallest absolute Gasteiger partial charge is 0.320 e. The number of aromatic nitrogens is 2. The minimum Gasteiger partial charge on any atom is -0.383 e. The molecule has 2 heterocycles. The Hall–Kier alpha value is -3.35. The first kappa shape index (κ1) is 26.7. The second-order valence-electron chi connectivity index (χ2n) is 9.07. The van der Waals surface area contributed by atoms with Crippen molar-refractivity contribution in [3.8, 4) is 11.3 Å². The van der Waals surface area contributed by atoms with E-state index in [9.17, 15) is 22.0 Å². The molecule has 1 aliphatic rings. The molecule has 2 amide bonds. The second kappa shape index (κ2) is 11.0. The van der Waals surface area contributed by atoms with E-state index in [0.29, 0.717) is 48.9 Å². The average molecular weight is 534 g/mol. The van der Waals surface area contributed by atoms with Crippen LogP contribution in [0.15, 0.2) is 53.4 Å². The third-order valence-electron chi connectivity index (χ3n) is 6.40. The number of benzene rings is 2. The molecular weight excluding hydrogens is 504 g/mol. The van der Waals surface area contributed by atoms with Crippen LogP contribution in [0.5, 0.6) is 0 Å². The van der Waals surface area contributed by atoms with Gasteiger partial charge in [-0.05, 0) is 29.8 Å². The molecule has 0 spiro atoms. The molecule has 1 aliphatic heterocycles. The number of aryl methyl sites for hydroxylation is 1. The van der Waals surface area contributed by atoms with Crippen LogP contribution < -0.4 is 10.6 Å². The molecular formula is C25H29F2N5O4S. The lowest BCUT2D eigenvalue weighted by atomic mass is 9.94. The predicted octanol–water partition coefficient (Wildman–Crippen LogP) is 3.00. The van der Waals surface area contributed by atoms with Crippen LogP contribution in [-0.4, -0.2) is 74.8 Å². The van der Waals surface area contributed by atoms with Crippen LogP contribution in [0.2, 0.25) is 0 Å². The molecule has 0 aliphatic carbocycles. The van der Waals surface area contributed by atoms with Crippen LogP contribution in [-0.2, 0) is 21.6 Å². The van der Waals surface area contributed by atoms with E-state index in [2.05, 4.69) is 20.6 Å². The monoisotopic (exact) mass is 533 g/mol. The first-order valence-electron chi connectivity index (χ1n) is 11.6. The zero-order chi connectivity index (χ0) is 26.7. The third-order valence-corrected chi connectivity index (χ3v) is 7.52. The van der Waals surface area contributed by atoms with E-state index >= 15 is 0 Å². The van der Waals surface area contributed by atoms with Crippen LogP contribution in [0.3, 0.4) is 0 Å². The molecule has 1 saturated heterocycles. The number of carbonyl (C=O) groups excluding carboxylic acids is 1. The number of urea groups is 1. The zero-order valence-electron chi connectivity index (χ0n) is 20.7. The van der Waals surface area contributed by atoms with Crippen molar-refractivity contribution in [2.75, 3.05) is 44.9 Å². The van der Waals surface area contributed by atoms with Crippen molar-refractivity contribution in [1.29, 1.82) is 0 Å². The Kier molecular flexibility index (Phi) is 7.90. The number of hydrogen-bond donors (Lipinski definition) is 2. The highest BCUT2D eigenvalue weighted by molar-refractivity contribution is 7.90. The maximum absolute atomic E-state index is 13.9. The number of nitrogens with zero attached hydrogens (tertiary/aromatic N) is 3. The Morgan fingerprint density at radius 2 is 1.84 bits per heavy atom. The lowest BCUT2D eigenvalue weighted by Crippen LogP contribution is -2.42. The molecule has 37 heavy (non-hydrogen) atoms. The van der Waals surface area contributed by atoms with Gasteiger partial charge >= 0.3 is 6.03 Å². The summed E-state index contributed by atoms with van der Waals surface area (Å²) in [5, 5.41) is 10.2. The Morgan fingerprint density at radius 3 is 2.49 bits per heavy atom. The molecule has 2 aromatic carbocycles. The topological polar surface area (TPSA) is 106 Å². The maximum Gasteiger partial charge on any atom is 0.320 e. The molecule has 3 aromatic rings. The summed E-state index contributed by atoms with van der Waals surface area (Å²) in [6.45, 7) is 2.22. The van der Waals surface area contributed by atoms with Gasteiger partial charge in [0.1, 0.15) is 5.82 Å². The number of anilines is 1. The van der Waals surface area contributed by atoms with Crippen LogP contribution in [0.1, 0.15) is 11.5 Å². The van der Waals surface area contributed by atoms with Gasteiger partial charge in [-0.1, -0.05) is 18.2 Å². The summed E-state index contributed by atoms with van der Waals surface area (Å²) in [6, 6.07) is 11.0. The lowest BCUT2D eigenvalue weighted by Gasteiger charge is -2.20. The lowest BCUT2D eigenvalue weighted by molar-refractivity contribution is 0.159. The number of sulfone groups is 1. The maximum atomic E-state index is 13.9. The number of hydrogen-bond acceptors (Lipinski definition) is 6. The SMILES string of the molecule is COCCN1C[C@@H](NC(=O)Nc2cc(-c3ccc(S(C)(=O)=O)cc3)nn2C)[C@H](c2ccc(F)c(F)c2)C1. The summed E-state index contributed by atoms with van der Waals surface area (Å²) in [7, 11) is -0.0293. The van der Waals surface area contributed by atoms with Crippen molar-refractivity contribution in [2.24, 2.45) is 7.05 Å². The first-order valence-corrected chi connectivity index (χ1v) is 13.5. The van der Waals surface area contributed by atoms with Gasteiger partial charge in [0, 0.05) is 57.6 Å². The van der Waals surface area contributed by atoms with Crippen LogP contribution >= 0.6 is 0 Å². The minimum atomic E-state index is -3.31. The van der Waals surface area contributed by atoms with Crippen LogP contribution in [0.25, 0.3) is 11.3 Å². The van der Waals surface area contributed by atoms with Crippen LogP contribution in [0.4, 0.5) is 19.4 Å². The number of nitrogens with one attached hydrogen (secondary N) is 2. The molecule has 9 nitrogen and oxygen atoms in total. The van der Waals surface area contributed by atoms with E-state index in [-0.39, 0.29) is 16.9 Å². The Balaban J connectivity index is 1.47. The van der Waals surface area contributed by atoms with Crippen molar-refractivity contribution < 1.29 is 26.7 Å². The predicted molar refractivity (Wildman–Crippen MR) is 135 cm³/mol. The molecule has 2 atom stereocenters. The molecule has 198 valence electrons. The quantitative estimate of drug-likeness (QED) is 0.461. The van der Waals surface area contributed by atoms with Gasteiger partial charge in [0.25, 0.3) is 0 Å². The fourth-order valence-corrected chi connectivity index (χ4v) is 5.06. The molecule has 1 aromatic heterocycles. The van der Waals surface area contributed by atoms with Gasteiger partial charge in [-0.25, -0.2) is 22.0 Å². The molecule has 0 unspecified atom stereocenters. The molecule has 2 N–H and O–H groups in total. The molecule has 0 radical (unpaired) electrons. The molecule has 0 bridgehead atoms. The number of methoxy groups -OCH3 is 1. The number of rotatable bonds is 8. The number of amides is 2. The molecule has 12 heteroatoms. The summed E-state index contributed by atoms with van der Waals surface area (Å²) in [6.07, 6.45) is 1.14. The number of ether oxygens (including phenoxy) is 1. The van der Waals surface area contributed by atoms with Crippen molar-refractivity contribution in [3.63, 3.8) is 0 Å². The van der Waals surface area contributed by atoms with E-state index in [1.165, 1.54) is 28.9 Å². The van der Waals surface area contributed by atoms with E-state index in [1.807, 2.05) is 0 Å². The van der Waals surface area contributed by atoms with Gasteiger partial charge in [0.15, 0.2) is 21.5 Å². The van der Waals surface area contributed by atoms with Gasteiger partial charge in [-0.2, -0.15) is 5.10 Å². The second-order valence-corrected chi connectivity index (χ2v) is 11.1. The summed E-state index contributed by atoms with van der Waals surface area (Å²) in [4.78, 5) is 15.2. The summed E-state index contributed by atoms with van der Waals surface area (Å²) < 4.78 is 57.5. The van der Waals surface area contributed by atoms with Crippen molar-refractivity contribution >= 4 is 21.7 Å². The first-order chi connectivity index (χ1) is 17.5. The highest BCUT2D eigenvalue weighted by Crippen LogP contribution is 2.29. The standard InChI is InChI=1S/C25H29F2N5O4S/c1-31-24(13-22(30-31)16-4-7-18(8-5-16)37(3,34)35)29-25(33)28-23-15-32(10-11-36-2)14-19(23)17-6-9-20(26)21(27)12-17/h4-9,12-13,19,23H,10-11,14-15H2,1-3H3,(H2,28,29,33)/t19-,23+/m0/s1. The van der Waals surface area contributed by atoms with Gasteiger partial charge in [-0.3, -0.25) is 14.9 Å². The fourth-order valence-electron chi connectivity index (χ4n) is 4.43. The molecule has 1 fully saturated rings. The van der Waals surface area contributed by atoms with Crippen molar-refractivity contribution in [2.45, 2.75) is 16.9 Å². The van der Waals surface area contributed by atoms with Gasteiger partial charge in [0.2, 0.25) is 0 Å². The highest BCUT2D eigenvalue weighted by Gasteiger charge is 2.35. The van der Waals surface area contributed by atoms with E-state index in [1.54, 1.807) is 32.4 Å². The largest absolute Gasteiger partial charge is 0.383 e. The Labute approximate surface area is 214 Å². The average Bonchev–Trinajstić information content (AvgIpc) is 3.42. The van der Waals surface area contributed by atoms with Crippen molar-refractivity contribution in [1.82, 2.24) is 20.0 Å². The van der Waals surface area contributed by atoms with E-state index in [0.717, 1.165) is 12.3 Å². The highest BCUT2D eigenvalue weighted by atomic mass is 32.2. The number of likely N-dealkylation sites (tertiary alicyclic amines) is 1. The molecule has 4 rings (SSSR count). The van der Waals surface area contributed by atoms with Crippen LogP contribution in [0, 0.1) is 11.6 Å². The normalized spacial score (nSPS) is 18.2. The van der Waals surface area contributed by atoms with Gasteiger partial charge in [-0.15, -0.1) is 0 Å². The zero-order valence-corrected chi connectivity index (χ0v) is 21.6. The molecule has 0 saturated carbocycles.